The Morgan fingerprint density at radius 1 is 1.03 bits per heavy atom. The van der Waals surface area contributed by atoms with Crippen LogP contribution in [-0.4, -0.2) is 39.7 Å². The molecule has 34 heavy (non-hydrogen) atoms. The summed E-state index contributed by atoms with van der Waals surface area (Å²) in [5.74, 6) is -1.92. The number of hydrogen-bond acceptors (Lipinski definition) is 6. The lowest BCUT2D eigenvalue weighted by Crippen LogP contribution is -2.34. The molecule has 0 bridgehead atoms. The van der Waals surface area contributed by atoms with E-state index in [0.717, 1.165) is 10.2 Å². The van der Waals surface area contributed by atoms with Crippen LogP contribution in [-0.2, 0) is 21.2 Å². The maximum Gasteiger partial charge on any atom is 0.322 e. The highest BCUT2D eigenvalue weighted by atomic mass is 32.2. The molecule has 1 atom stereocenters. The number of benzene rings is 3. The Morgan fingerprint density at radius 2 is 1.65 bits per heavy atom. The van der Waals surface area contributed by atoms with Gasteiger partial charge in [-0.05, 0) is 60.9 Å². The van der Waals surface area contributed by atoms with Gasteiger partial charge in [-0.2, -0.15) is 0 Å². The van der Waals surface area contributed by atoms with Crippen LogP contribution in [0.1, 0.15) is 12.0 Å². The highest BCUT2D eigenvalue weighted by Gasteiger charge is 2.34. The van der Waals surface area contributed by atoms with Crippen LogP contribution in [0, 0.1) is 12.7 Å². The van der Waals surface area contributed by atoms with Crippen LogP contribution in [0.15, 0.2) is 76.4 Å². The van der Waals surface area contributed by atoms with E-state index in [4.69, 9.17) is 0 Å². The minimum absolute atomic E-state index is 0.168. The molecule has 174 valence electrons. The van der Waals surface area contributed by atoms with Crippen molar-refractivity contribution in [3.63, 3.8) is 0 Å². The van der Waals surface area contributed by atoms with Crippen LogP contribution in [0.2, 0.25) is 0 Å². The molecule has 0 radical (unpaired) electrons. The quantitative estimate of drug-likeness (QED) is 0.430. The van der Waals surface area contributed by atoms with Crippen LogP contribution in [0.5, 0.6) is 0 Å². The van der Waals surface area contributed by atoms with Crippen molar-refractivity contribution >= 4 is 26.7 Å². The second-order valence-corrected chi connectivity index (χ2v) is 9.96. The molecule has 0 saturated heterocycles. The second-order valence-electron chi connectivity index (χ2n) is 7.83. The molecule has 0 spiro atoms. The second kappa shape index (κ2) is 9.14. The van der Waals surface area contributed by atoms with Crippen molar-refractivity contribution < 1.29 is 22.7 Å². The molecule has 0 fully saturated rings. The lowest BCUT2D eigenvalue weighted by Gasteiger charge is -2.14. The van der Waals surface area contributed by atoms with Crippen LogP contribution in [0.25, 0.3) is 22.0 Å². The van der Waals surface area contributed by atoms with Gasteiger partial charge in [0.05, 0.1) is 10.3 Å². The van der Waals surface area contributed by atoms with E-state index in [1.165, 1.54) is 36.4 Å². The minimum Gasteiger partial charge on any atom is -0.480 e. The molecule has 1 N–H and O–H groups in total. The summed E-state index contributed by atoms with van der Waals surface area (Å²) in [5.41, 5.74) is 2.11. The van der Waals surface area contributed by atoms with Crippen LogP contribution < -0.4 is 5.56 Å². The Kier molecular flexibility index (Phi) is 6.25. The third-order valence-electron chi connectivity index (χ3n) is 5.49. The molecule has 4 rings (SSSR count). The Morgan fingerprint density at radius 3 is 2.26 bits per heavy atom. The Labute approximate surface area is 194 Å². The molecule has 3 aromatic carbocycles. The molecule has 1 unspecified atom stereocenters. The highest BCUT2D eigenvalue weighted by molar-refractivity contribution is 7.92. The molecule has 10 heteroatoms. The smallest absolute Gasteiger partial charge is 0.322 e. The predicted molar refractivity (Wildman–Crippen MR) is 124 cm³/mol. The number of carbonyl (C=O) groups is 1. The number of aryl methyl sites for hydroxylation is 2. The molecule has 4 aromatic rings. The zero-order valence-electron chi connectivity index (χ0n) is 18.1. The van der Waals surface area contributed by atoms with E-state index < -0.39 is 32.4 Å². The molecule has 1 aromatic heterocycles. The fourth-order valence-electron chi connectivity index (χ4n) is 3.63. The van der Waals surface area contributed by atoms with E-state index in [1.807, 2.05) is 6.92 Å². The first-order valence-electron chi connectivity index (χ1n) is 10.3. The number of rotatable bonds is 7. The standard InChI is InChI=1S/C24H20FN3O5S/c1-15-2-11-21-20(14-15)23(29)28(27-26-21)13-12-22(24(30)31)34(32,33)19-9-5-17(6-10-19)16-3-7-18(25)8-4-16/h2-11,14,22H,12-13H2,1H3,(H,30,31). The Bertz CT molecular complexity index is 1530. The molecule has 0 amide bonds. The molecule has 0 aliphatic rings. The van der Waals surface area contributed by atoms with E-state index in [-0.39, 0.29) is 17.9 Å². The number of hydrogen-bond donors (Lipinski definition) is 1. The lowest BCUT2D eigenvalue weighted by molar-refractivity contribution is -0.136. The zero-order valence-corrected chi connectivity index (χ0v) is 18.9. The average molecular weight is 482 g/mol. The number of aliphatic carboxylic acids is 1. The number of carboxylic acid groups (broad SMARTS) is 1. The number of halogens is 1. The number of nitrogens with zero attached hydrogens (tertiary/aromatic N) is 3. The number of fused-ring (bicyclic) bond motifs is 1. The summed E-state index contributed by atoms with van der Waals surface area (Å²) in [6, 6.07) is 16.5. The number of aromatic nitrogens is 3. The van der Waals surface area contributed by atoms with Crippen molar-refractivity contribution in [3.8, 4) is 11.1 Å². The van der Waals surface area contributed by atoms with Crippen LogP contribution >= 0.6 is 0 Å². The maximum absolute atomic E-state index is 13.1. The minimum atomic E-state index is -4.26. The SMILES string of the molecule is Cc1ccc2nnn(CCC(C(=O)O)S(=O)(=O)c3ccc(-c4ccc(F)cc4)cc3)c(=O)c2c1. The van der Waals surface area contributed by atoms with Gasteiger partial charge in [0.1, 0.15) is 11.3 Å². The topological polar surface area (TPSA) is 119 Å². The summed E-state index contributed by atoms with van der Waals surface area (Å²) in [5, 5.41) is 16.0. The summed E-state index contributed by atoms with van der Waals surface area (Å²) < 4.78 is 40.3. The van der Waals surface area contributed by atoms with E-state index in [2.05, 4.69) is 10.3 Å². The van der Waals surface area contributed by atoms with Gasteiger partial charge in [0.15, 0.2) is 15.1 Å². The van der Waals surface area contributed by atoms with E-state index in [0.29, 0.717) is 22.0 Å². The van der Waals surface area contributed by atoms with Crippen molar-refractivity contribution in [2.45, 2.75) is 30.0 Å². The molecule has 8 nitrogen and oxygen atoms in total. The fourth-order valence-corrected chi connectivity index (χ4v) is 5.16. The van der Waals surface area contributed by atoms with E-state index in [1.54, 1.807) is 30.3 Å². The molecule has 0 aliphatic carbocycles. The van der Waals surface area contributed by atoms with Gasteiger partial charge in [-0.25, -0.2) is 17.5 Å². The van der Waals surface area contributed by atoms with Gasteiger partial charge in [-0.15, -0.1) is 5.10 Å². The van der Waals surface area contributed by atoms with Crippen molar-refractivity contribution in [2.24, 2.45) is 0 Å². The van der Waals surface area contributed by atoms with Gasteiger partial charge < -0.3 is 5.11 Å². The normalized spacial score (nSPS) is 12.5. The highest BCUT2D eigenvalue weighted by Crippen LogP contribution is 2.25. The van der Waals surface area contributed by atoms with Crippen molar-refractivity contribution in [2.75, 3.05) is 0 Å². The molecule has 0 saturated carbocycles. The molecule has 0 aliphatic heterocycles. The summed E-state index contributed by atoms with van der Waals surface area (Å²) in [6.07, 6.45) is -0.372. The maximum atomic E-state index is 13.1. The molecule has 1 heterocycles. The van der Waals surface area contributed by atoms with Gasteiger partial charge in [0.2, 0.25) is 0 Å². The van der Waals surface area contributed by atoms with Gasteiger partial charge in [-0.3, -0.25) is 9.59 Å². The van der Waals surface area contributed by atoms with E-state index in [9.17, 15) is 27.5 Å². The Balaban J connectivity index is 1.59. The summed E-state index contributed by atoms with van der Waals surface area (Å²) >= 11 is 0. The first-order valence-corrected chi connectivity index (χ1v) is 11.9. The van der Waals surface area contributed by atoms with Crippen molar-refractivity contribution in [1.82, 2.24) is 15.0 Å². The lowest BCUT2D eigenvalue weighted by atomic mass is 10.1. The van der Waals surface area contributed by atoms with Gasteiger partial charge >= 0.3 is 5.97 Å². The Hall–Kier alpha value is -3.92. The van der Waals surface area contributed by atoms with Crippen LogP contribution in [0.3, 0.4) is 0 Å². The summed E-state index contributed by atoms with van der Waals surface area (Å²) in [6.45, 7) is 1.58. The third-order valence-corrected chi connectivity index (χ3v) is 7.61. The molecular weight excluding hydrogens is 461 g/mol. The fraction of sp³-hybridized carbons (Fsp3) is 0.167. The summed E-state index contributed by atoms with van der Waals surface area (Å²) in [4.78, 5) is 24.4. The van der Waals surface area contributed by atoms with Gasteiger partial charge in [0.25, 0.3) is 5.56 Å². The largest absolute Gasteiger partial charge is 0.480 e. The monoisotopic (exact) mass is 481 g/mol. The van der Waals surface area contributed by atoms with E-state index >= 15 is 0 Å². The van der Waals surface area contributed by atoms with Crippen molar-refractivity contribution in [1.29, 1.82) is 0 Å². The molecular formula is C24H20FN3O5S. The average Bonchev–Trinajstić information content (AvgIpc) is 2.81. The first kappa shape index (κ1) is 23.2. The van der Waals surface area contributed by atoms with Crippen molar-refractivity contribution in [3.05, 3.63) is 88.5 Å². The predicted octanol–water partition coefficient (Wildman–Crippen LogP) is 3.22. The number of sulfone groups is 1. The summed E-state index contributed by atoms with van der Waals surface area (Å²) in [7, 11) is -4.26. The van der Waals surface area contributed by atoms with Gasteiger partial charge in [0, 0.05) is 6.54 Å². The first-order chi connectivity index (χ1) is 16.2. The zero-order chi connectivity index (χ0) is 24.5. The van der Waals surface area contributed by atoms with Crippen LogP contribution in [0.4, 0.5) is 4.39 Å². The third kappa shape index (κ3) is 4.58. The number of carboxylic acids is 1. The van der Waals surface area contributed by atoms with Gasteiger partial charge in [-0.1, -0.05) is 41.1 Å².